The van der Waals surface area contributed by atoms with Gasteiger partial charge in [-0.05, 0) is 42.3 Å². The van der Waals surface area contributed by atoms with Gasteiger partial charge in [0.2, 0.25) is 17.0 Å². The van der Waals surface area contributed by atoms with E-state index in [-0.39, 0.29) is 24.2 Å². The Morgan fingerprint density at radius 1 is 1.18 bits per heavy atom. The molecule has 1 aliphatic heterocycles. The molecule has 0 spiro atoms. The van der Waals surface area contributed by atoms with Gasteiger partial charge in [-0.1, -0.05) is 17.8 Å². The summed E-state index contributed by atoms with van der Waals surface area (Å²) in [6, 6.07) is 12.8. The second kappa shape index (κ2) is 9.82. The lowest BCUT2D eigenvalue weighted by Crippen LogP contribution is -2.25. The van der Waals surface area contributed by atoms with Crippen molar-refractivity contribution >= 4 is 35.0 Å². The first-order valence-corrected chi connectivity index (χ1v) is 11.2. The van der Waals surface area contributed by atoms with Crippen LogP contribution in [0.5, 0.6) is 11.5 Å². The maximum absolute atomic E-state index is 12.4. The van der Waals surface area contributed by atoms with Crippen LogP contribution in [0.2, 0.25) is 0 Å². The SMILES string of the molecule is COc1cccc(OCc2nnc(SCC(=O)Nc3ccc4c(c3)CCN4C(C)=O)n2N)c1. The number of nitrogens with one attached hydrogen (secondary N) is 1. The van der Waals surface area contributed by atoms with E-state index in [1.807, 2.05) is 24.3 Å². The van der Waals surface area contributed by atoms with Gasteiger partial charge < -0.3 is 25.5 Å². The van der Waals surface area contributed by atoms with Crippen molar-refractivity contribution in [2.24, 2.45) is 0 Å². The fourth-order valence-corrected chi connectivity index (χ4v) is 4.15. The molecule has 11 heteroatoms. The molecule has 1 aliphatic rings. The average molecular weight is 469 g/mol. The van der Waals surface area contributed by atoms with Crippen LogP contribution in [-0.4, -0.2) is 46.1 Å². The summed E-state index contributed by atoms with van der Waals surface area (Å²) in [5.74, 6) is 7.72. The lowest BCUT2D eigenvalue weighted by molar-refractivity contribution is -0.116. The maximum Gasteiger partial charge on any atom is 0.234 e. The van der Waals surface area contributed by atoms with Crippen LogP contribution in [0.4, 0.5) is 11.4 Å². The van der Waals surface area contributed by atoms with Crippen molar-refractivity contribution in [2.45, 2.75) is 25.1 Å². The number of carbonyl (C=O) groups is 2. The van der Waals surface area contributed by atoms with Crippen molar-refractivity contribution in [3.05, 3.63) is 53.9 Å². The van der Waals surface area contributed by atoms with Crippen molar-refractivity contribution in [1.82, 2.24) is 14.9 Å². The van der Waals surface area contributed by atoms with Gasteiger partial charge in [0.25, 0.3) is 0 Å². The monoisotopic (exact) mass is 468 g/mol. The predicted octanol–water partition coefficient (Wildman–Crippen LogP) is 2.22. The quantitative estimate of drug-likeness (QED) is 0.381. The lowest BCUT2D eigenvalue weighted by Gasteiger charge is -2.15. The Morgan fingerprint density at radius 2 is 2.00 bits per heavy atom. The molecule has 0 fully saturated rings. The number of carbonyl (C=O) groups excluding carboxylic acids is 2. The summed E-state index contributed by atoms with van der Waals surface area (Å²) < 4.78 is 12.2. The number of hydrogen-bond acceptors (Lipinski definition) is 8. The van der Waals surface area contributed by atoms with Gasteiger partial charge in [0.15, 0.2) is 5.82 Å². The molecule has 0 aliphatic carbocycles. The van der Waals surface area contributed by atoms with Gasteiger partial charge in [-0.2, -0.15) is 0 Å². The number of rotatable bonds is 8. The molecule has 3 N–H and O–H groups in total. The molecular weight excluding hydrogens is 444 g/mol. The molecule has 2 amide bonds. The number of hydrogen-bond donors (Lipinski definition) is 2. The van der Waals surface area contributed by atoms with Crippen LogP contribution >= 0.6 is 11.8 Å². The van der Waals surface area contributed by atoms with Crippen LogP contribution in [0.1, 0.15) is 18.3 Å². The van der Waals surface area contributed by atoms with Crippen molar-refractivity contribution in [3.63, 3.8) is 0 Å². The molecule has 10 nitrogen and oxygen atoms in total. The molecule has 3 aromatic rings. The number of anilines is 2. The fraction of sp³-hybridized carbons (Fsp3) is 0.273. The van der Waals surface area contributed by atoms with Crippen LogP contribution < -0.4 is 25.5 Å². The van der Waals surface area contributed by atoms with Gasteiger partial charge in [-0.3, -0.25) is 9.59 Å². The minimum absolute atomic E-state index is 0.0149. The van der Waals surface area contributed by atoms with E-state index >= 15 is 0 Å². The number of methoxy groups -OCH3 is 1. The summed E-state index contributed by atoms with van der Waals surface area (Å²) in [5, 5.41) is 11.4. The Hall–Kier alpha value is -3.73. The number of amides is 2. The first-order valence-electron chi connectivity index (χ1n) is 10.2. The van der Waals surface area contributed by atoms with Gasteiger partial charge in [0.1, 0.15) is 18.1 Å². The minimum Gasteiger partial charge on any atom is -0.497 e. The summed E-state index contributed by atoms with van der Waals surface area (Å²) in [5.41, 5.74) is 2.62. The van der Waals surface area contributed by atoms with Crippen molar-refractivity contribution < 1.29 is 19.1 Å². The number of ether oxygens (including phenoxy) is 2. The fourth-order valence-electron chi connectivity index (χ4n) is 3.48. The van der Waals surface area contributed by atoms with Gasteiger partial charge in [0, 0.05) is 30.9 Å². The van der Waals surface area contributed by atoms with E-state index < -0.39 is 0 Å². The first kappa shape index (κ1) is 22.5. The molecule has 4 rings (SSSR count). The van der Waals surface area contributed by atoms with E-state index in [2.05, 4.69) is 15.5 Å². The molecule has 172 valence electrons. The molecule has 1 aromatic heterocycles. The van der Waals surface area contributed by atoms with E-state index in [0.29, 0.717) is 34.7 Å². The third-order valence-electron chi connectivity index (χ3n) is 5.12. The van der Waals surface area contributed by atoms with Crippen molar-refractivity contribution in [1.29, 1.82) is 0 Å². The summed E-state index contributed by atoms with van der Waals surface area (Å²) in [7, 11) is 1.58. The van der Waals surface area contributed by atoms with Gasteiger partial charge in [-0.15, -0.1) is 10.2 Å². The standard InChI is InChI=1S/C22H24N6O4S/c1-14(29)27-9-8-15-10-16(6-7-19(15)27)24-21(30)13-33-22-26-25-20(28(22)23)12-32-18-5-3-4-17(11-18)31-2/h3-7,10-11H,8-9,12-13,23H2,1-2H3,(H,24,30). The average Bonchev–Trinajstić information content (AvgIpc) is 3.39. The Morgan fingerprint density at radius 3 is 2.79 bits per heavy atom. The first-order chi connectivity index (χ1) is 15.9. The number of nitrogens with zero attached hydrogens (tertiary/aromatic N) is 4. The van der Waals surface area contributed by atoms with Gasteiger partial charge in [0.05, 0.1) is 12.9 Å². The zero-order chi connectivity index (χ0) is 23.4. The zero-order valence-electron chi connectivity index (χ0n) is 18.3. The largest absolute Gasteiger partial charge is 0.497 e. The van der Waals surface area contributed by atoms with E-state index in [9.17, 15) is 9.59 Å². The van der Waals surface area contributed by atoms with Crippen LogP contribution in [0.25, 0.3) is 0 Å². The number of nitrogens with two attached hydrogens (primary N) is 1. The minimum atomic E-state index is -0.196. The summed E-state index contributed by atoms with van der Waals surface area (Å²) >= 11 is 1.18. The summed E-state index contributed by atoms with van der Waals surface area (Å²) in [6.07, 6.45) is 0.768. The summed E-state index contributed by atoms with van der Waals surface area (Å²) in [4.78, 5) is 25.8. The lowest BCUT2D eigenvalue weighted by atomic mass is 10.1. The molecule has 0 atom stereocenters. The molecule has 33 heavy (non-hydrogen) atoms. The Balaban J connectivity index is 1.30. The normalized spacial score (nSPS) is 12.4. The molecular formula is C22H24N6O4S. The molecule has 0 saturated carbocycles. The molecule has 0 unspecified atom stereocenters. The number of benzene rings is 2. The number of aromatic nitrogens is 3. The van der Waals surface area contributed by atoms with Gasteiger partial charge >= 0.3 is 0 Å². The topological polar surface area (TPSA) is 125 Å². The van der Waals surface area contributed by atoms with E-state index in [1.54, 1.807) is 37.1 Å². The van der Waals surface area contributed by atoms with Crippen molar-refractivity contribution in [3.8, 4) is 11.5 Å². The number of thioether (sulfide) groups is 1. The highest BCUT2D eigenvalue weighted by atomic mass is 32.2. The highest BCUT2D eigenvalue weighted by molar-refractivity contribution is 7.99. The van der Waals surface area contributed by atoms with Crippen LogP contribution in [0.15, 0.2) is 47.6 Å². The molecule has 2 aromatic carbocycles. The third-order valence-corrected chi connectivity index (χ3v) is 6.06. The zero-order valence-corrected chi connectivity index (χ0v) is 19.1. The predicted molar refractivity (Wildman–Crippen MR) is 125 cm³/mol. The molecule has 2 heterocycles. The van der Waals surface area contributed by atoms with E-state index in [1.165, 1.54) is 16.4 Å². The smallest absolute Gasteiger partial charge is 0.234 e. The highest BCUT2D eigenvalue weighted by Crippen LogP contribution is 2.30. The van der Waals surface area contributed by atoms with Crippen molar-refractivity contribution in [2.75, 3.05) is 35.5 Å². The van der Waals surface area contributed by atoms with Gasteiger partial charge in [-0.25, -0.2) is 4.68 Å². The Kier molecular flexibility index (Phi) is 6.68. The highest BCUT2D eigenvalue weighted by Gasteiger charge is 2.22. The summed E-state index contributed by atoms with van der Waals surface area (Å²) in [6.45, 7) is 2.33. The maximum atomic E-state index is 12.4. The molecule has 0 bridgehead atoms. The second-order valence-corrected chi connectivity index (χ2v) is 8.28. The van der Waals surface area contributed by atoms with E-state index in [4.69, 9.17) is 15.3 Å². The Bertz CT molecular complexity index is 1180. The van der Waals surface area contributed by atoms with Crippen LogP contribution in [0.3, 0.4) is 0 Å². The molecule has 0 saturated heterocycles. The van der Waals surface area contributed by atoms with Crippen LogP contribution in [-0.2, 0) is 22.6 Å². The Labute approximate surface area is 195 Å². The van der Waals surface area contributed by atoms with Crippen LogP contribution in [0, 0.1) is 0 Å². The number of nitrogen functional groups attached to an aromatic ring is 1. The number of fused-ring (bicyclic) bond motifs is 1. The van der Waals surface area contributed by atoms with E-state index in [0.717, 1.165) is 17.7 Å². The second-order valence-electron chi connectivity index (χ2n) is 7.34. The third kappa shape index (κ3) is 5.20. The molecule has 0 radical (unpaired) electrons.